The van der Waals surface area contributed by atoms with Crippen LogP contribution >= 0.6 is 11.3 Å². The summed E-state index contributed by atoms with van der Waals surface area (Å²) >= 11 is 1.65. The van der Waals surface area contributed by atoms with Crippen molar-refractivity contribution in [3.8, 4) is 33.4 Å². The minimum absolute atomic E-state index is 0.210. The molecule has 0 spiro atoms. The Hall–Kier alpha value is -5.24. The molecule has 1 heterocycles. The van der Waals surface area contributed by atoms with Gasteiger partial charge in [0.2, 0.25) is 0 Å². The van der Waals surface area contributed by atoms with Crippen LogP contribution in [0.25, 0.3) is 85.9 Å². The van der Waals surface area contributed by atoms with E-state index in [1.807, 2.05) is 78.9 Å². The number of benzene rings is 8. The Morgan fingerprint density at radius 3 is 1.65 bits per heavy atom. The Morgan fingerprint density at radius 2 is 0.930 bits per heavy atom. The van der Waals surface area contributed by atoms with Gasteiger partial charge in [-0.2, -0.15) is 0 Å². The summed E-state index contributed by atoms with van der Waals surface area (Å²) < 4.78 is 74.2. The van der Waals surface area contributed by atoms with Gasteiger partial charge in [0.15, 0.2) is 0 Å². The molecule has 0 aliphatic heterocycles. The van der Waals surface area contributed by atoms with E-state index in [1.54, 1.807) is 11.3 Å². The molecule has 0 aliphatic carbocycles. The third kappa shape index (κ3) is 3.82. The molecule has 0 radical (unpaired) electrons. The Bertz CT molecular complexity index is 2860. The number of rotatable bonds is 3. The standard InChI is InChI=1S/C42H26S/c1-2-12-31-27(10-1)11-9-18-32(31)28-20-22-29(23-21-28)41-34-14-3-5-16-36(34)42(37-17-6-4-15-35(37)41)30-24-25-40-38(26-30)33-13-7-8-19-39(33)43-40/h1-26H/i3D,4D,5D,6D,14D,15D,16D,17D. The fraction of sp³-hybridized carbons (Fsp3) is 0. The lowest BCUT2D eigenvalue weighted by atomic mass is 9.85. The van der Waals surface area contributed by atoms with Crippen LogP contribution in [0.1, 0.15) is 11.0 Å². The first-order valence-corrected chi connectivity index (χ1v) is 14.9. The maximum atomic E-state index is 9.28. The Labute approximate surface area is 265 Å². The predicted octanol–water partition coefficient (Wildman–Crippen LogP) is 12.5. The number of hydrogen-bond donors (Lipinski definition) is 0. The van der Waals surface area contributed by atoms with E-state index in [1.165, 1.54) is 0 Å². The van der Waals surface area contributed by atoms with Gasteiger partial charge in [0.05, 0.1) is 11.0 Å². The Kier molecular flexibility index (Phi) is 3.97. The summed E-state index contributed by atoms with van der Waals surface area (Å²) in [6, 6.07) is 33.1. The van der Waals surface area contributed by atoms with Crippen molar-refractivity contribution in [2.75, 3.05) is 0 Å². The molecular formula is C42H26S. The molecule has 0 saturated carbocycles. The zero-order valence-electron chi connectivity index (χ0n) is 30.8. The average molecular weight is 571 g/mol. The van der Waals surface area contributed by atoms with Crippen LogP contribution in [0.15, 0.2) is 158 Å². The fourth-order valence-electron chi connectivity index (χ4n) is 6.38. The highest BCUT2D eigenvalue weighted by atomic mass is 32.1. The van der Waals surface area contributed by atoms with Crippen LogP contribution in [0.5, 0.6) is 0 Å². The number of hydrogen-bond acceptors (Lipinski definition) is 1. The van der Waals surface area contributed by atoms with Crippen LogP contribution in [-0.2, 0) is 0 Å². The molecular weight excluding hydrogens is 537 g/mol. The molecule has 0 N–H and O–H groups in total. The lowest BCUT2D eigenvalue weighted by Gasteiger charge is -2.18. The molecule has 0 nitrogen and oxygen atoms in total. The van der Waals surface area contributed by atoms with Crippen molar-refractivity contribution in [3.63, 3.8) is 0 Å². The number of thiophene rings is 1. The van der Waals surface area contributed by atoms with E-state index < -0.39 is 24.2 Å². The summed E-state index contributed by atoms with van der Waals surface area (Å²) in [5.74, 6) is 0. The van der Waals surface area contributed by atoms with Crippen LogP contribution in [0.2, 0.25) is 0 Å². The maximum absolute atomic E-state index is 9.28. The normalized spacial score (nSPS) is 14.3. The Morgan fingerprint density at radius 1 is 0.395 bits per heavy atom. The first-order valence-electron chi connectivity index (χ1n) is 18.1. The quantitative estimate of drug-likeness (QED) is 0.185. The maximum Gasteiger partial charge on any atom is 0.0629 e. The summed E-state index contributed by atoms with van der Waals surface area (Å²) in [6.45, 7) is 0. The lowest BCUT2D eigenvalue weighted by molar-refractivity contribution is 1.63. The van der Waals surface area contributed by atoms with Crippen LogP contribution in [0, 0.1) is 0 Å². The van der Waals surface area contributed by atoms with Crippen LogP contribution in [0.3, 0.4) is 0 Å². The molecule has 0 unspecified atom stereocenters. The molecule has 0 amide bonds. The van der Waals surface area contributed by atoms with Gasteiger partial charge >= 0.3 is 0 Å². The summed E-state index contributed by atoms with van der Waals surface area (Å²) in [6.07, 6.45) is 0. The van der Waals surface area contributed by atoms with Gasteiger partial charge in [-0.3, -0.25) is 0 Å². The van der Waals surface area contributed by atoms with Gasteiger partial charge in [-0.05, 0) is 83.9 Å². The van der Waals surface area contributed by atoms with E-state index in [0.29, 0.717) is 22.3 Å². The summed E-state index contributed by atoms with van der Waals surface area (Å²) in [5.41, 5.74) is 3.86. The molecule has 0 atom stereocenters. The minimum atomic E-state index is -0.411. The van der Waals surface area contributed by atoms with Crippen LogP contribution < -0.4 is 0 Å². The molecule has 8 aromatic carbocycles. The van der Waals surface area contributed by atoms with Gasteiger partial charge in [-0.15, -0.1) is 11.3 Å². The minimum Gasteiger partial charge on any atom is -0.135 e. The molecule has 200 valence electrons. The van der Waals surface area contributed by atoms with E-state index in [4.69, 9.17) is 5.48 Å². The largest absolute Gasteiger partial charge is 0.135 e. The van der Waals surface area contributed by atoms with E-state index in [9.17, 15) is 5.48 Å². The number of fused-ring (bicyclic) bond motifs is 6. The zero-order chi connectivity index (χ0) is 35.3. The molecule has 43 heavy (non-hydrogen) atoms. The highest BCUT2D eigenvalue weighted by Gasteiger charge is 2.17. The predicted molar refractivity (Wildman–Crippen MR) is 188 cm³/mol. The van der Waals surface area contributed by atoms with Gasteiger partial charge in [-0.25, -0.2) is 0 Å². The van der Waals surface area contributed by atoms with Crippen molar-refractivity contribution in [1.82, 2.24) is 0 Å². The van der Waals surface area contributed by atoms with Crippen molar-refractivity contribution in [2.24, 2.45) is 0 Å². The summed E-state index contributed by atoms with van der Waals surface area (Å²) in [7, 11) is 0. The van der Waals surface area contributed by atoms with Gasteiger partial charge in [0.1, 0.15) is 0 Å². The summed E-state index contributed by atoms with van der Waals surface area (Å²) in [4.78, 5) is 0. The second-order valence-electron chi connectivity index (χ2n) is 10.7. The molecule has 9 rings (SSSR count). The Balaban J connectivity index is 1.43. The first-order chi connectivity index (χ1) is 24.7. The molecule has 1 heteroatoms. The highest BCUT2D eigenvalue weighted by Crippen LogP contribution is 2.45. The molecule has 1 aromatic heterocycles. The highest BCUT2D eigenvalue weighted by molar-refractivity contribution is 7.25. The topological polar surface area (TPSA) is 0 Å². The molecule has 9 aromatic rings. The second-order valence-corrected chi connectivity index (χ2v) is 11.7. The van der Waals surface area contributed by atoms with Gasteiger partial charge < -0.3 is 0 Å². The lowest BCUT2D eigenvalue weighted by Crippen LogP contribution is -1.91. The smallest absolute Gasteiger partial charge is 0.0629 e. The van der Waals surface area contributed by atoms with Crippen molar-refractivity contribution >= 4 is 63.8 Å². The zero-order valence-corrected chi connectivity index (χ0v) is 23.6. The SMILES string of the molecule is [2H]c1c([2H])c([2H])c2c(-c3ccc4sc5ccccc5c4c3)c3c([2H])c([2H])c([2H])c([2H])c3c(-c3ccc(-c4cccc5ccccc45)cc3)c2c1[2H]. The van der Waals surface area contributed by atoms with E-state index in [-0.39, 0.29) is 45.7 Å². The average Bonchev–Trinajstić information content (AvgIpc) is 3.54. The molecule has 0 fully saturated rings. The third-order valence-corrected chi connectivity index (χ3v) is 9.47. The van der Waals surface area contributed by atoms with E-state index in [0.717, 1.165) is 42.1 Å². The molecule has 0 bridgehead atoms. The fourth-order valence-corrected chi connectivity index (χ4v) is 7.46. The van der Waals surface area contributed by atoms with Crippen molar-refractivity contribution in [1.29, 1.82) is 0 Å². The monoisotopic (exact) mass is 570 g/mol. The molecule has 0 aliphatic rings. The van der Waals surface area contributed by atoms with Gasteiger partial charge in [0.25, 0.3) is 0 Å². The van der Waals surface area contributed by atoms with E-state index >= 15 is 0 Å². The first kappa shape index (κ1) is 17.7. The summed E-state index contributed by atoms with van der Waals surface area (Å²) in [5, 5.41) is 5.04. The van der Waals surface area contributed by atoms with Crippen molar-refractivity contribution in [3.05, 3.63) is 158 Å². The third-order valence-electron chi connectivity index (χ3n) is 8.31. The van der Waals surface area contributed by atoms with Crippen molar-refractivity contribution < 1.29 is 11.0 Å². The van der Waals surface area contributed by atoms with E-state index in [2.05, 4.69) is 30.3 Å². The molecule has 0 saturated heterocycles. The van der Waals surface area contributed by atoms with Crippen LogP contribution in [0.4, 0.5) is 0 Å². The van der Waals surface area contributed by atoms with Crippen molar-refractivity contribution in [2.45, 2.75) is 0 Å². The second kappa shape index (κ2) is 9.66. The van der Waals surface area contributed by atoms with Gasteiger partial charge in [0, 0.05) is 20.2 Å². The van der Waals surface area contributed by atoms with Crippen LogP contribution in [-0.4, -0.2) is 0 Å². The van der Waals surface area contributed by atoms with Gasteiger partial charge in [-0.1, -0.05) is 139 Å².